The van der Waals surface area contributed by atoms with Crippen LogP contribution in [0.15, 0.2) is 16.8 Å². The Hall–Kier alpha value is -3.79. The molecule has 1 fully saturated rings. The summed E-state index contributed by atoms with van der Waals surface area (Å²) < 4.78 is 114. The third-order valence-corrected chi connectivity index (χ3v) is 7.28. The normalized spacial score (nSPS) is 18.2. The van der Waals surface area contributed by atoms with Crippen LogP contribution in [0.25, 0.3) is 11.0 Å². The second-order valence-electron chi connectivity index (χ2n) is 10.3. The SMILES string of the molecule is Cc1nonc1C(=O)N[C@H](c1nc2c(F)c(C(CC(F)F)C(=O)N[C@@H](C)C(F)(F)F)ccc2[nH]1)C1CCC(F)(F)CC1. The number of rotatable bonds is 9. The molecule has 230 valence electrons. The zero-order chi connectivity index (χ0) is 31.0. The minimum absolute atomic E-state index is 0.00536. The molecule has 3 aromatic rings. The molecule has 2 aromatic heterocycles. The third-order valence-electron chi connectivity index (χ3n) is 7.28. The number of benzene rings is 1. The van der Waals surface area contributed by atoms with Crippen LogP contribution in [0.3, 0.4) is 0 Å². The molecule has 0 spiro atoms. The number of halogens is 8. The van der Waals surface area contributed by atoms with Crippen molar-refractivity contribution in [3.8, 4) is 0 Å². The van der Waals surface area contributed by atoms with E-state index in [9.17, 15) is 40.3 Å². The summed E-state index contributed by atoms with van der Waals surface area (Å²) in [5.74, 6) is -9.01. The van der Waals surface area contributed by atoms with Crippen LogP contribution in [-0.4, -0.2) is 56.7 Å². The fraction of sp³-hybridized carbons (Fsp3) is 0.560. The van der Waals surface area contributed by atoms with Gasteiger partial charge in [-0.05, 0) is 43.8 Å². The van der Waals surface area contributed by atoms with E-state index in [1.165, 1.54) is 13.0 Å². The van der Waals surface area contributed by atoms with Crippen LogP contribution in [-0.2, 0) is 4.79 Å². The average molecular weight is 611 g/mol. The van der Waals surface area contributed by atoms with Crippen molar-refractivity contribution in [3.63, 3.8) is 0 Å². The topological polar surface area (TPSA) is 126 Å². The summed E-state index contributed by atoms with van der Waals surface area (Å²) in [5, 5.41) is 11.3. The van der Waals surface area contributed by atoms with Gasteiger partial charge in [-0.1, -0.05) is 11.2 Å². The maximum atomic E-state index is 15.7. The van der Waals surface area contributed by atoms with Crippen LogP contribution in [0, 0.1) is 18.7 Å². The largest absolute Gasteiger partial charge is 0.408 e. The third kappa shape index (κ3) is 6.81. The lowest BCUT2D eigenvalue weighted by atomic mass is 9.81. The number of aryl methyl sites for hydroxylation is 1. The molecule has 0 aliphatic heterocycles. The fourth-order valence-electron chi connectivity index (χ4n) is 4.89. The van der Waals surface area contributed by atoms with Crippen LogP contribution in [0.2, 0.25) is 0 Å². The number of alkyl halides is 7. The predicted molar refractivity (Wildman–Crippen MR) is 129 cm³/mol. The lowest BCUT2D eigenvalue weighted by molar-refractivity contribution is -0.158. The molecule has 17 heteroatoms. The Morgan fingerprint density at radius 3 is 2.38 bits per heavy atom. The first-order valence-electron chi connectivity index (χ1n) is 12.9. The van der Waals surface area contributed by atoms with E-state index in [-0.39, 0.29) is 35.6 Å². The lowest BCUT2D eigenvalue weighted by Gasteiger charge is -2.33. The zero-order valence-corrected chi connectivity index (χ0v) is 22.2. The number of nitrogens with zero attached hydrogens (tertiary/aromatic N) is 3. The van der Waals surface area contributed by atoms with Gasteiger partial charge in [0.15, 0.2) is 11.5 Å². The molecule has 0 bridgehead atoms. The van der Waals surface area contributed by atoms with Gasteiger partial charge in [0.05, 0.1) is 17.5 Å². The van der Waals surface area contributed by atoms with Gasteiger partial charge in [-0.2, -0.15) is 13.2 Å². The van der Waals surface area contributed by atoms with Gasteiger partial charge in [0.1, 0.15) is 23.1 Å². The number of hydrogen-bond acceptors (Lipinski definition) is 6. The van der Waals surface area contributed by atoms with E-state index in [1.807, 2.05) is 0 Å². The van der Waals surface area contributed by atoms with Crippen molar-refractivity contribution in [1.29, 1.82) is 0 Å². The molecule has 1 unspecified atom stereocenters. The summed E-state index contributed by atoms with van der Waals surface area (Å²) in [4.78, 5) is 32.5. The lowest BCUT2D eigenvalue weighted by Crippen LogP contribution is -2.45. The van der Waals surface area contributed by atoms with E-state index in [1.54, 1.807) is 5.32 Å². The highest BCUT2D eigenvalue weighted by Gasteiger charge is 2.41. The minimum atomic E-state index is -4.87. The molecule has 1 aliphatic carbocycles. The number of H-pyrrole nitrogens is 1. The highest BCUT2D eigenvalue weighted by molar-refractivity contribution is 5.93. The second-order valence-corrected chi connectivity index (χ2v) is 10.3. The number of fused-ring (bicyclic) bond motifs is 1. The Morgan fingerprint density at radius 1 is 1.14 bits per heavy atom. The van der Waals surface area contributed by atoms with Crippen molar-refractivity contribution < 1.29 is 49.3 Å². The first-order valence-corrected chi connectivity index (χ1v) is 12.9. The van der Waals surface area contributed by atoms with Crippen LogP contribution in [0.4, 0.5) is 35.1 Å². The number of carbonyl (C=O) groups excluding carboxylic acids is 2. The van der Waals surface area contributed by atoms with Gasteiger partial charge in [-0.15, -0.1) is 0 Å². The van der Waals surface area contributed by atoms with Gasteiger partial charge in [0.2, 0.25) is 18.3 Å². The summed E-state index contributed by atoms with van der Waals surface area (Å²) in [7, 11) is 0. The molecule has 1 aliphatic rings. The Balaban J connectivity index is 1.70. The number of nitrogens with one attached hydrogen (secondary N) is 3. The Labute approximate surface area is 232 Å². The van der Waals surface area contributed by atoms with E-state index in [2.05, 4.69) is 30.2 Å². The monoisotopic (exact) mass is 610 g/mol. The Morgan fingerprint density at radius 2 is 1.81 bits per heavy atom. The Bertz CT molecular complexity index is 1430. The number of aromatic amines is 1. The molecule has 9 nitrogen and oxygen atoms in total. The molecule has 3 atom stereocenters. The van der Waals surface area contributed by atoms with Crippen molar-refractivity contribution in [1.82, 2.24) is 30.9 Å². The fourth-order valence-corrected chi connectivity index (χ4v) is 4.89. The molecular weight excluding hydrogens is 584 g/mol. The summed E-state index contributed by atoms with van der Waals surface area (Å²) in [6.07, 6.45) is -10.3. The standard InChI is InChI=1S/C25H26F8N6O3/c1-10-18(39-42-38-10)23(41)37-19(12-5-7-24(29,30)8-6-12)21-35-15-4-3-13(17(28)20(15)36-21)14(9-16(26)27)22(40)34-11(2)25(31,32)33/h3-4,11-12,14,16,19H,5-9H2,1-2H3,(H,34,40)(H,35,36)(H,37,41)/t11-,14?,19-/m0/s1. The molecule has 1 aromatic carbocycles. The van der Waals surface area contributed by atoms with Crippen LogP contribution >= 0.6 is 0 Å². The predicted octanol–water partition coefficient (Wildman–Crippen LogP) is 5.50. The quantitative estimate of drug-likeness (QED) is 0.275. The van der Waals surface area contributed by atoms with Crippen molar-refractivity contribution in [2.75, 3.05) is 0 Å². The molecule has 4 rings (SSSR count). The van der Waals surface area contributed by atoms with Gasteiger partial charge in [-0.3, -0.25) is 9.59 Å². The van der Waals surface area contributed by atoms with Gasteiger partial charge >= 0.3 is 6.18 Å². The summed E-state index contributed by atoms with van der Waals surface area (Å²) in [6.45, 7) is 2.06. The first kappa shape index (κ1) is 31.2. The van der Waals surface area contributed by atoms with Crippen molar-refractivity contribution in [2.24, 2.45) is 5.92 Å². The van der Waals surface area contributed by atoms with Gasteiger partial charge in [-0.25, -0.2) is 31.6 Å². The second kappa shape index (κ2) is 11.8. The molecule has 1 saturated carbocycles. The number of hydrogen-bond donors (Lipinski definition) is 3. The van der Waals surface area contributed by atoms with E-state index in [0.29, 0.717) is 6.92 Å². The number of carbonyl (C=O) groups is 2. The van der Waals surface area contributed by atoms with Gasteiger partial charge in [0, 0.05) is 24.8 Å². The van der Waals surface area contributed by atoms with Gasteiger partial charge < -0.3 is 15.6 Å². The smallest absolute Gasteiger partial charge is 0.344 e. The highest BCUT2D eigenvalue weighted by Crippen LogP contribution is 2.41. The van der Waals surface area contributed by atoms with Crippen LogP contribution < -0.4 is 10.6 Å². The first-order chi connectivity index (χ1) is 19.6. The molecule has 0 saturated heterocycles. The average Bonchev–Trinajstić information content (AvgIpc) is 3.52. The molecule has 2 heterocycles. The van der Waals surface area contributed by atoms with Crippen molar-refractivity contribution >= 4 is 22.8 Å². The summed E-state index contributed by atoms with van der Waals surface area (Å²) >= 11 is 0. The maximum Gasteiger partial charge on any atom is 0.408 e. The van der Waals surface area contributed by atoms with Gasteiger partial charge in [0.25, 0.3) is 5.91 Å². The molecule has 0 radical (unpaired) electrons. The molecule has 42 heavy (non-hydrogen) atoms. The van der Waals surface area contributed by atoms with E-state index >= 15 is 4.39 Å². The van der Waals surface area contributed by atoms with Crippen LogP contribution in [0.1, 0.15) is 78.6 Å². The number of aromatic nitrogens is 4. The number of imidazole rings is 1. The molecule has 3 N–H and O–H groups in total. The van der Waals surface area contributed by atoms with E-state index in [0.717, 1.165) is 6.07 Å². The number of amides is 2. The molecule has 2 amide bonds. The highest BCUT2D eigenvalue weighted by atomic mass is 19.4. The van der Waals surface area contributed by atoms with E-state index in [4.69, 9.17) is 0 Å². The minimum Gasteiger partial charge on any atom is -0.344 e. The maximum absolute atomic E-state index is 15.7. The summed E-state index contributed by atoms with van der Waals surface area (Å²) in [5.41, 5.74) is -1.09. The van der Waals surface area contributed by atoms with E-state index < -0.39 is 90.4 Å². The van der Waals surface area contributed by atoms with Crippen molar-refractivity contribution in [2.45, 2.75) is 82.5 Å². The summed E-state index contributed by atoms with van der Waals surface area (Å²) in [6, 6.07) is -1.27. The molecular formula is C25H26F8N6O3. The zero-order valence-electron chi connectivity index (χ0n) is 22.2. The van der Waals surface area contributed by atoms with Crippen molar-refractivity contribution in [3.05, 3.63) is 40.7 Å². The Kier molecular flexibility index (Phi) is 8.78. The van der Waals surface area contributed by atoms with Crippen LogP contribution in [0.5, 0.6) is 0 Å².